The predicted octanol–water partition coefficient (Wildman–Crippen LogP) is 2.38. The van der Waals surface area contributed by atoms with Crippen LogP contribution in [0.2, 0.25) is 5.02 Å². The highest BCUT2D eigenvalue weighted by Gasteiger charge is 2.47. The number of allylic oxidation sites excluding steroid dienone is 2. The second-order valence-electron chi connectivity index (χ2n) is 6.60. The lowest BCUT2D eigenvalue weighted by atomic mass is 9.85. The van der Waals surface area contributed by atoms with Crippen LogP contribution in [0.1, 0.15) is 18.7 Å². The van der Waals surface area contributed by atoms with Crippen molar-refractivity contribution in [3.63, 3.8) is 0 Å². The van der Waals surface area contributed by atoms with E-state index in [-0.39, 0.29) is 36.1 Å². The van der Waals surface area contributed by atoms with E-state index in [9.17, 15) is 14.4 Å². The maximum absolute atomic E-state index is 12.4. The van der Waals surface area contributed by atoms with Crippen LogP contribution in [0.3, 0.4) is 0 Å². The monoisotopic (exact) mass is 401 g/mol. The molecule has 2 aromatic rings. The normalized spacial score (nSPS) is 21.1. The topological polar surface area (TPSA) is 103 Å². The van der Waals surface area contributed by atoms with Crippen LogP contribution in [0.15, 0.2) is 40.9 Å². The summed E-state index contributed by atoms with van der Waals surface area (Å²) in [4.78, 5) is 41.9. The van der Waals surface area contributed by atoms with E-state index in [2.05, 4.69) is 10.1 Å². The molecule has 1 aliphatic heterocycles. The molecule has 144 valence electrons. The summed E-state index contributed by atoms with van der Waals surface area (Å²) in [6.07, 6.45) is 4.83. The largest absolute Gasteiger partial charge is 0.454 e. The molecule has 0 radical (unpaired) electrons. The van der Waals surface area contributed by atoms with Crippen LogP contribution in [0.5, 0.6) is 0 Å². The van der Waals surface area contributed by atoms with Crippen LogP contribution in [0.25, 0.3) is 11.4 Å². The molecule has 9 heteroatoms. The van der Waals surface area contributed by atoms with E-state index in [1.807, 2.05) is 12.2 Å². The fraction of sp³-hybridized carbons (Fsp3) is 0.316. The first-order chi connectivity index (χ1) is 13.5. The lowest BCUT2D eigenvalue weighted by Crippen LogP contribution is -2.36. The first-order valence-corrected chi connectivity index (χ1v) is 9.15. The van der Waals surface area contributed by atoms with Crippen molar-refractivity contribution in [3.8, 4) is 11.4 Å². The van der Waals surface area contributed by atoms with Gasteiger partial charge in [0.25, 0.3) is 5.89 Å². The average Bonchev–Trinajstić information content (AvgIpc) is 3.26. The maximum Gasteiger partial charge on any atom is 0.326 e. The number of nitrogens with zero attached hydrogens (tertiary/aromatic N) is 3. The minimum atomic E-state index is -0.712. The molecule has 1 aliphatic carbocycles. The van der Waals surface area contributed by atoms with E-state index in [4.69, 9.17) is 20.9 Å². The Morgan fingerprint density at radius 2 is 1.93 bits per heavy atom. The van der Waals surface area contributed by atoms with Crippen LogP contribution in [0, 0.1) is 11.8 Å². The van der Waals surface area contributed by atoms with E-state index in [0.29, 0.717) is 29.3 Å². The third-order valence-electron chi connectivity index (χ3n) is 4.79. The Labute approximate surface area is 165 Å². The van der Waals surface area contributed by atoms with Crippen molar-refractivity contribution in [2.24, 2.45) is 11.8 Å². The summed E-state index contributed by atoms with van der Waals surface area (Å²) in [6.45, 7) is -0.670. The van der Waals surface area contributed by atoms with Gasteiger partial charge in [-0.15, -0.1) is 0 Å². The Morgan fingerprint density at radius 3 is 2.61 bits per heavy atom. The lowest BCUT2D eigenvalue weighted by molar-refractivity contribution is -0.154. The fourth-order valence-corrected chi connectivity index (χ4v) is 3.59. The Hall–Kier alpha value is -3.00. The third-order valence-corrected chi connectivity index (χ3v) is 5.03. The van der Waals surface area contributed by atoms with Crippen molar-refractivity contribution in [1.82, 2.24) is 15.0 Å². The number of rotatable bonds is 5. The van der Waals surface area contributed by atoms with E-state index >= 15 is 0 Å². The van der Waals surface area contributed by atoms with Gasteiger partial charge in [-0.1, -0.05) is 41.0 Å². The smallest absolute Gasteiger partial charge is 0.326 e. The number of fused-ring (bicyclic) bond motifs is 1. The molecule has 0 N–H and O–H groups in total. The molecule has 2 aliphatic rings. The molecule has 4 rings (SSSR count). The van der Waals surface area contributed by atoms with Crippen molar-refractivity contribution in [2.45, 2.75) is 19.4 Å². The van der Waals surface area contributed by atoms with Crippen molar-refractivity contribution in [1.29, 1.82) is 0 Å². The summed E-state index contributed by atoms with van der Waals surface area (Å²) in [5.74, 6) is -1.69. The van der Waals surface area contributed by atoms with Crippen LogP contribution in [-0.4, -0.2) is 39.4 Å². The Morgan fingerprint density at radius 1 is 1.21 bits per heavy atom. The maximum atomic E-state index is 12.4. The summed E-state index contributed by atoms with van der Waals surface area (Å²) in [7, 11) is 0. The van der Waals surface area contributed by atoms with E-state index < -0.39 is 12.5 Å². The summed E-state index contributed by atoms with van der Waals surface area (Å²) in [5, 5.41) is 4.35. The number of carbonyl (C=O) groups is 3. The number of imide groups is 1. The van der Waals surface area contributed by atoms with Gasteiger partial charge < -0.3 is 9.26 Å². The zero-order chi connectivity index (χ0) is 19.7. The molecule has 0 bridgehead atoms. The molecule has 1 aromatic heterocycles. The molecule has 0 spiro atoms. The SMILES string of the molecule is O=C(CN1C(=O)[C@@H]2CC=CC[C@H]2C1=O)OCc1nc(-c2cccc(Cl)c2)no1. The number of hydrogen-bond donors (Lipinski definition) is 0. The molecular weight excluding hydrogens is 386 g/mol. The van der Waals surface area contributed by atoms with Gasteiger partial charge in [-0.05, 0) is 25.0 Å². The number of aromatic nitrogens is 2. The van der Waals surface area contributed by atoms with Gasteiger partial charge in [-0.3, -0.25) is 19.3 Å². The molecule has 2 heterocycles. The highest BCUT2D eigenvalue weighted by Crippen LogP contribution is 2.34. The average molecular weight is 402 g/mol. The molecular formula is C19H16ClN3O5. The number of carbonyl (C=O) groups excluding carboxylic acids is 3. The number of halogens is 1. The summed E-state index contributed by atoms with van der Waals surface area (Å²) < 4.78 is 10.2. The number of amides is 2. The van der Waals surface area contributed by atoms with Gasteiger partial charge in [0.15, 0.2) is 6.61 Å². The lowest BCUT2D eigenvalue weighted by Gasteiger charge is -2.14. The number of likely N-dealkylation sites (tertiary alicyclic amines) is 1. The van der Waals surface area contributed by atoms with E-state index in [1.165, 1.54) is 0 Å². The Bertz CT molecular complexity index is 944. The molecule has 28 heavy (non-hydrogen) atoms. The zero-order valence-corrected chi connectivity index (χ0v) is 15.5. The third kappa shape index (κ3) is 3.55. The predicted molar refractivity (Wildman–Crippen MR) is 96.6 cm³/mol. The minimum Gasteiger partial charge on any atom is -0.454 e. The zero-order valence-electron chi connectivity index (χ0n) is 14.7. The van der Waals surface area contributed by atoms with Crippen LogP contribution in [-0.2, 0) is 25.7 Å². The molecule has 1 saturated heterocycles. The molecule has 1 aromatic carbocycles. The standard InChI is InChI=1S/C19H16ClN3O5/c20-12-5-3-4-11(8-12)17-21-15(28-22-17)10-27-16(24)9-23-18(25)13-6-1-2-7-14(13)19(23)26/h1-5,8,13-14H,6-7,9-10H2/t13-,14-/m1/s1. The van der Waals surface area contributed by atoms with E-state index in [1.54, 1.807) is 24.3 Å². The summed E-state index contributed by atoms with van der Waals surface area (Å²) >= 11 is 5.94. The van der Waals surface area contributed by atoms with Crippen molar-refractivity contribution >= 4 is 29.4 Å². The van der Waals surface area contributed by atoms with Gasteiger partial charge in [0, 0.05) is 10.6 Å². The quantitative estimate of drug-likeness (QED) is 0.430. The highest BCUT2D eigenvalue weighted by molar-refractivity contribution is 6.30. The van der Waals surface area contributed by atoms with Crippen molar-refractivity contribution in [2.75, 3.05) is 6.54 Å². The summed E-state index contributed by atoms with van der Waals surface area (Å²) in [5.41, 5.74) is 0.665. The first-order valence-electron chi connectivity index (χ1n) is 8.77. The molecule has 2 atom stereocenters. The molecule has 0 unspecified atom stereocenters. The number of hydrogen-bond acceptors (Lipinski definition) is 7. The van der Waals surface area contributed by atoms with Crippen LogP contribution < -0.4 is 0 Å². The first kappa shape index (κ1) is 18.4. The number of benzene rings is 1. The summed E-state index contributed by atoms with van der Waals surface area (Å²) in [6, 6.07) is 6.93. The molecule has 1 fully saturated rings. The number of esters is 1. The van der Waals surface area contributed by atoms with Crippen molar-refractivity contribution < 1.29 is 23.6 Å². The van der Waals surface area contributed by atoms with Crippen molar-refractivity contribution in [3.05, 3.63) is 47.3 Å². The fourth-order valence-electron chi connectivity index (χ4n) is 3.40. The van der Waals surface area contributed by atoms with Gasteiger partial charge in [0.2, 0.25) is 17.6 Å². The van der Waals surface area contributed by atoms with Gasteiger partial charge in [0.1, 0.15) is 6.54 Å². The molecule has 8 nitrogen and oxygen atoms in total. The Balaban J connectivity index is 1.34. The molecule has 2 amide bonds. The van der Waals surface area contributed by atoms with Gasteiger partial charge in [0.05, 0.1) is 11.8 Å². The van der Waals surface area contributed by atoms with Crippen LogP contribution >= 0.6 is 11.6 Å². The second kappa shape index (κ2) is 7.55. The number of ether oxygens (including phenoxy) is 1. The van der Waals surface area contributed by atoms with Gasteiger partial charge >= 0.3 is 5.97 Å². The van der Waals surface area contributed by atoms with Gasteiger partial charge in [-0.2, -0.15) is 4.98 Å². The van der Waals surface area contributed by atoms with Crippen LogP contribution in [0.4, 0.5) is 0 Å². The molecule has 0 saturated carbocycles. The second-order valence-corrected chi connectivity index (χ2v) is 7.04. The Kier molecular flexibility index (Phi) is 4.95. The van der Waals surface area contributed by atoms with E-state index in [0.717, 1.165) is 4.90 Å². The highest BCUT2D eigenvalue weighted by atomic mass is 35.5. The van der Waals surface area contributed by atoms with Gasteiger partial charge in [-0.25, -0.2) is 0 Å². The minimum absolute atomic E-state index is 0.0975.